The summed E-state index contributed by atoms with van der Waals surface area (Å²) in [7, 11) is 0. The largest absolute Gasteiger partial charge is 0.355 e. The quantitative estimate of drug-likeness (QED) is 0.525. The molecule has 2 aliphatic rings. The van der Waals surface area contributed by atoms with Gasteiger partial charge in [-0.05, 0) is 35.9 Å². The van der Waals surface area contributed by atoms with E-state index in [1.54, 1.807) is 0 Å². The molecule has 0 unspecified atom stereocenters. The average molecular weight is 401 g/mol. The van der Waals surface area contributed by atoms with Gasteiger partial charge in [0.2, 0.25) is 0 Å². The summed E-state index contributed by atoms with van der Waals surface area (Å²) in [6.45, 7) is 3.15. The predicted octanol–water partition coefficient (Wildman–Crippen LogP) is 3.21. The molecule has 6 rings (SSSR count). The van der Waals surface area contributed by atoms with Gasteiger partial charge in [-0.1, -0.05) is 12.1 Å². The Hall–Kier alpha value is -3.03. The van der Waals surface area contributed by atoms with E-state index in [2.05, 4.69) is 45.2 Å². The first-order chi connectivity index (χ1) is 14.8. The topological polar surface area (TPSA) is 64.8 Å². The Morgan fingerprint density at radius 3 is 2.70 bits per heavy atom. The number of fused-ring (bicyclic) bond motifs is 2. The van der Waals surface area contributed by atoms with Crippen LogP contribution in [-0.4, -0.2) is 51.7 Å². The fourth-order valence-corrected chi connectivity index (χ4v) is 4.51. The fraction of sp³-hybridized carbons (Fsp3) is 0.348. The second-order valence-corrected chi connectivity index (χ2v) is 8.01. The Kier molecular flexibility index (Phi) is 4.17. The highest BCUT2D eigenvalue weighted by atomic mass is 16.7. The van der Waals surface area contributed by atoms with Crippen molar-refractivity contribution in [2.75, 3.05) is 31.2 Å². The highest BCUT2D eigenvalue weighted by molar-refractivity contribution is 5.79. The van der Waals surface area contributed by atoms with Crippen LogP contribution in [0.15, 0.2) is 54.9 Å². The van der Waals surface area contributed by atoms with E-state index in [-0.39, 0.29) is 5.79 Å². The molecule has 0 radical (unpaired) electrons. The van der Waals surface area contributed by atoms with Crippen LogP contribution in [-0.2, 0) is 15.9 Å². The molecule has 7 nitrogen and oxygen atoms in total. The van der Waals surface area contributed by atoms with Crippen molar-refractivity contribution in [1.29, 1.82) is 0 Å². The van der Waals surface area contributed by atoms with Gasteiger partial charge in [0, 0.05) is 43.9 Å². The maximum absolute atomic E-state index is 5.85. The predicted molar refractivity (Wildman–Crippen MR) is 114 cm³/mol. The molecule has 5 heterocycles. The average Bonchev–Trinajstić information content (AvgIpc) is 3.41. The first-order valence-corrected chi connectivity index (χ1v) is 10.5. The van der Waals surface area contributed by atoms with Gasteiger partial charge in [0.05, 0.1) is 30.6 Å². The van der Waals surface area contributed by atoms with Gasteiger partial charge in [0.25, 0.3) is 0 Å². The number of hydrogen-bond donors (Lipinski definition) is 0. The number of benzene rings is 1. The van der Waals surface area contributed by atoms with E-state index in [0.29, 0.717) is 13.2 Å². The molecule has 152 valence electrons. The van der Waals surface area contributed by atoms with Crippen LogP contribution in [0.4, 0.5) is 5.82 Å². The summed E-state index contributed by atoms with van der Waals surface area (Å²) in [5.41, 5.74) is 4.18. The normalized spacial score (nSPS) is 18.6. The zero-order valence-corrected chi connectivity index (χ0v) is 16.7. The van der Waals surface area contributed by atoms with Crippen LogP contribution < -0.4 is 4.90 Å². The molecule has 0 aliphatic carbocycles. The Balaban J connectivity index is 1.26. The molecule has 0 atom stereocenters. The van der Waals surface area contributed by atoms with Crippen molar-refractivity contribution < 1.29 is 9.47 Å². The third kappa shape index (κ3) is 3.11. The van der Waals surface area contributed by atoms with Crippen molar-refractivity contribution in [3.8, 4) is 0 Å². The molecule has 0 saturated carbocycles. The minimum Gasteiger partial charge on any atom is -0.355 e. The molecule has 0 bridgehead atoms. The lowest BCUT2D eigenvalue weighted by molar-refractivity contribution is -0.169. The Morgan fingerprint density at radius 1 is 0.967 bits per heavy atom. The minimum absolute atomic E-state index is 0.369. The van der Waals surface area contributed by atoms with E-state index in [4.69, 9.17) is 14.6 Å². The van der Waals surface area contributed by atoms with Crippen LogP contribution in [0, 0.1) is 0 Å². The summed E-state index contributed by atoms with van der Waals surface area (Å²) in [6.07, 6.45) is 6.26. The molecule has 7 heteroatoms. The van der Waals surface area contributed by atoms with E-state index in [1.807, 2.05) is 29.0 Å². The van der Waals surface area contributed by atoms with Gasteiger partial charge in [-0.15, -0.1) is 5.10 Å². The van der Waals surface area contributed by atoms with E-state index in [0.717, 1.165) is 60.4 Å². The van der Waals surface area contributed by atoms with Crippen LogP contribution in [0.2, 0.25) is 0 Å². The molecule has 2 saturated heterocycles. The van der Waals surface area contributed by atoms with Crippen molar-refractivity contribution in [2.45, 2.75) is 25.0 Å². The standard InChI is InChI=1S/C23H23N5O2/c1-2-18-14-17(3-4-20(18)24-9-1)15-19-16-25-21-5-6-22(26-28(19)21)27-10-7-23(8-11-27)29-12-13-30-23/h1-6,9,14,16H,7-8,10-13,15H2. The van der Waals surface area contributed by atoms with Gasteiger partial charge in [-0.25, -0.2) is 9.50 Å². The summed E-state index contributed by atoms with van der Waals surface area (Å²) in [6, 6.07) is 14.6. The molecular formula is C23H23N5O2. The van der Waals surface area contributed by atoms with Crippen LogP contribution in [0.25, 0.3) is 16.6 Å². The number of pyridine rings is 1. The lowest BCUT2D eigenvalue weighted by Gasteiger charge is -2.38. The van der Waals surface area contributed by atoms with Gasteiger partial charge in [0.15, 0.2) is 11.4 Å². The fourth-order valence-electron chi connectivity index (χ4n) is 4.51. The lowest BCUT2D eigenvalue weighted by atomic mass is 10.0. The number of hydrogen-bond acceptors (Lipinski definition) is 6. The molecule has 3 aromatic heterocycles. The van der Waals surface area contributed by atoms with E-state index >= 15 is 0 Å². The maximum atomic E-state index is 5.85. The highest BCUT2D eigenvalue weighted by Gasteiger charge is 2.40. The number of piperidine rings is 1. The van der Waals surface area contributed by atoms with Crippen LogP contribution in [0.3, 0.4) is 0 Å². The molecule has 2 fully saturated rings. The Morgan fingerprint density at radius 2 is 1.83 bits per heavy atom. The first kappa shape index (κ1) is 17.8. The van der Waals surface area contributed by atoms with Gasteiger partial charge in [-0.3, -0.25) is 4.98 Å². The monoisotopic (exact) mass is 401 g/mol. The van der Waals surface area contributed by atoms with Crippen LogP contribution in [0.1, 0.15) is 24.1 Å². The number of imidazole rings is 1. The summed E-state index contributed by atoms with van der Waals surface area (Å²) in [5, 5.41) is 6.07. The maximum Gasteiger partial charge on any atom is 0.171 e. The number of anilines is 1. The Labute approximate surface area is 174 Å². The van der Waals surface area contributed by atoms with Crippen molar-refractivity contribution in [3.63, 3.8) is 0 Å². The van der Waals surface area contributed by atoms with Gasteiger partial charge in [-0.2, -0.15) is 0 Å². The van der Waals surface area contributed by atoms with Gasteiger partial charge < -0.3 is 14.4 Å². The molecule has 0 amide bonds. The summed E-state index contributed by atoms with van der Waals surface area (Å²) >= 11 is 0. The summed E-state index contributed by atoms with van der Waals surface area (Å²) in [4.78, 5) is 11.3. The molecule has 2 aliphatic heterocycles. The third-order valence-electron chi connectivity index (χ3n) is 6.13. The van der Waals surface area contributed by atoms with E-state index in [1.165, 1.54) is 5.56 Å². The van der Waals surface area contributed by atoms with Crippen LogP contribution in [0.5, 0.6) is 0 Å². The van der Waals surface area contributed by atoms with Crippen LogP contribution >= 0.6 is 0 Å². The van der Waals surface area contributed by atoms with Gasteiger partial charge in [0.1, 0.15) is 5.82 Å². The molecule has 30 heavy (non-hydrogen) atoms. The molecule has 1 spiro atoms. The molecule has 1 aromatic carbocycles. The van der Waals surface area contributed by atoms with E-state index < -0.39 is 0 Å². The van der Waals surface area contributed by atoms with Crippen molar-refractivity contribution >= 4 is 22.4 Å². The van der Waals surface area contributed by atoms with Crippen molar-refractivity contribution in [1.82, 2.24) is 19.6 Å². The van der Waals surface area contributed by atoms with Crippen molar-refractivity contribution in [3.05, 3.63) is 66.1 Å². The third-order valence-corrected chi connectivity index (χ3v) is 6.13. The molecular weight excluding hydrogens is 378 g/mol. The highest BCUT2D eigenvalue weighted by Crippen LogP contribution is 2.32. The second kappa shape index (κ2) is 7.04. The zero-order chi connectivity index (χ0) is 20.0. The first-order valence-electron chi connectivity index (χ1n) is 10.5. The van der Waals surface area contributed by atoms with E-state index in [9.17, 15) is 0 Å². The number of nitrogens with zero attached hydrogens (tertiary/aromatic N) is 5. The number of rotatable bonds is 3. The van der Waals surface area contributed by atoms with Gasteiger partial charge >= 0.3 is 0 Å². The smallest absolute Gasteiger partial charge is 0.171 e. The molecule has 0 N–H and O–H groups in total. The lowest BCUT2D eigenvalue weighted by Crippen LogP contribution is -2.45. The van der Waals surface area contributed by atoms with Crippen molar-refractivity contribution in [2.24, 2.45) is 0 Å². The number of ether oxygens (including phenoxy) is 2. The molecule has 4 aromatic rings. The SMILES string of the molecule is c1cnc2ccc(Cc3cnc4ccc(N5CCC6(CC5)OCCO6)nn34)cc2c1. The summed E-state index contributed by atoms with van der Waals surface area (Å²) in [5.74, 6) is 0.600. The second-order valence-electron chi connectivity index (χ2n) is 8.01. The number of aromatic nitrogens is 4. The minimum atomic E-state index is -0.369. The summed E-state index contributed by atoms with van der Waals surface area (Å²) < 4.78 is 13.7. The Bertz CT molecular complexity index is 1200. The zero-order valence-electron chi connectivity index (χ0n) is 16.7.